The van der Waals surface area contributed by atoms with Crippen LogP contribution in [0.15, 0.2) is 54.0 Å². The van der Waals surface area contributed by atoms with Crippen LogP contribution in [0.5, 0.6) is 0 Å². The van der Waals surface area contributed by atoms with Crippen LogP contribution in [0.25, 0.3) is 16.3 Å². The first-order valence-corrected chi connectivity index (χ1v) is 10.7. The Labute approximate surface area is 181 Å². The summed E-state index contributed by atoms with van der Waals surface area (Å²) in [4.78, 5) is 15.7. The van der Waals surface area contributed by atoms with Gasteiger partial charge in [0.25, 0.3) is 0 Å². The molecule has 0 unspecified atom stereocenters. The maximum atomic E-state index is 12.8. The highest BCUT2D eigenvalue weighted by atomic mass is 35.5. The Balaban J connectivity index is 0.00000240. The van der Waals surface area contributed by atoms with Gasteiger partial charge in [0.05, 0.1) is 10.6 Å². The lowest BCUT2D eigenvalue weighted by Crippen LogP contribution is -2.32. The van der Waals surface area contributed by atoms with E-state index in [0.717, 1.165) is 41.1 Å². The van der Waals surface area contributed by atoms with Gasteiger partial charge in [0.15, 0.2) is 0 Å². The molecule has 1 fully saturated rings. The summed E-state index contributed by atoms with van der Waals surface area (Å²) in [5.74, 6) is 0.477. The Kier molecular flexibility index (Phi) is 7.11. The van der Waals surface area contributed by atoms with E-state index >= 15 is 0 Å². The van der Waals surface area contributed by atoms with E-state index in [1.54, 1.807) is 11.3 Å². The number of aromatic nitrogens is 2. The van der Waals surface area contributed by atoms with E-state index in [2.05, 4.69) is 11.4 Å². The molecule has 1 amide bonds. The Morgan fingerprint density at radius 3 is 2.69 bits per heavy atom. The normalized spacial score (nSPS) is 18.4. The van der Waals surface area contributed by atoms with E-state index in [0.29, 0.717) is 18.9 Å². The largest absolute Gasteiger partial charge is 0.341 e. The summed E-state index contributed by atoms with van der Waals surface area (Å²) in [6, 6.07) is 14.3. The SMILES string of the molecule is CN(Cc1cn(-c2ccccc2)nc1-c1cccs1)C(=O)C[C@@H]1CCC[C@H]1N.Cl. The molecule has 1 aromatic carbocycles. The molecule has 1 aliphatic carbocycles. The van der Waals surface area contributed by atoms with Crippen molar-refractivity contribution >= 4 is 29.7 Å². The molecule has 29 heavy (non-hydrogen) atoms. The molecule has 5 nitrogen and oxygen atoms in total. The summed E-state index contributed by atoms with van der Waals surface area (Å²) < 4.78 is 1.90. The van der Waals surface area contributed by atoms with Crippen LogP contribution in [-0.2, 0) is 11.3 Å². The second-order valence-electron chi connectivity index (χ2n) is 7.57. The topological polar surface area (TPSA) is 64.2 Å². The van der Waals surface area contributed by atoms with Gasteiger partial charge in [-0.3, -0.25) is 4.79 Å². The summed E-state index contributed by atoms with van der Waals surface area (Å²) in [5, 5.41) is 6.87. The van der Waals surface area contributed by atoms with Gasteiger partial charge in [-0.15, -0.1) is 23.7 Å². The van der Waals surface area contributed by atoms with Crippen LogP contribution in [0.2, 0.25) is 0 Å². The monoisotopic (exact) mass is 430 g/mol. The van der Waals surface area contributed by atoms with E-state index in [-0.39, 0.29) is 24.4 Å². The highest BCUT2D eigenvalue weighted by molar-refractivity contribution is 7.13. The average Bonchev–Trinajstić information content (AvgIpc) is 3.44. The molecule has 0 spiro atoms. The number of para-hydroxylation sites is 1. The van der Waals surface area contributed by atoms with E-state index < -0.39 is 0 Å². The maximum absolute atomic E-state index is 12.8. The predicted molar refractivity (Wildman–Crippen MR) is 121 cm³/mol. The predicted octanol–water partition coefficient (Wildman–Crippen LogP) is 4.50. The molecule has 2 heterocycles. The number of nitrogens with zero attached hydrogens (tertiary/aromatic N) is 3. The van der Waals surface area contributed by atoms with Gasteiger partial charge in [-0.2, -0.15) is 5.10 Å². The minimum atomic E-state index is 0. The number of nitrogens with two attached hydrogens (primary N) is 1. The Bertz CT molecular complexity index is 926. The number of carbonyl (C=O) groups is 1. The number of thiophene rings is 1. The lowest BCUT2D eigenvalue weighted by atomic mass is 9.99. The highest BCUT2D eigenvalue weighted by Gasteiger charge is 2.27. The van der Waals surface area contributed by atoms with E-state index in [1.807, 2.05) is 59.2 Å². The minimum Gasteiger partial charge on any atom is -0.341 e. The van der Waals surface area contributed by atoms with Crippen LogP contribution in [-0.4, -0.2) is 33.7 Å². The number of rotatable bonds is 6. The number of benzene rings is 1. The zero-order valence-corrected chi connectivity index (χ0v) is 18.2. The number of carbonyl (C=O) groups excluding carboxylic acids is 1. The molecular formula is C22H27ClN4OS. The van der Waals surface area contributed by atoms with Crippen LogP contribution < -0.4 is 5.73 Å². The van der Waals surface area contributed by atoms with Crippen molar-refractivity contribution in [3.63, 3.8) is 0 Å². The van der Waals surface area contributed by atoms with Crippen molar-refractivity contribution in [1.82, 2.24) is 14.7 Å². The van der Waals surface area contributed by atoms with Crippen LogP contribution in [0.3, 0.4) is 0 Å². The molecule has 0 saturated heterocycles. The lowest BCUT2D eigenvalue weighted by molar-refractivity contribution is -0.131. The minimum absolute atomic E-state index is 0. The van der Waals surface area contributed by atoms with Crippen molar-refractivity contribution in [1.29, 1.82) is 0 Å². The zero-order valence-electron chi connectivity index (χ0n) is 16.5. The first kappa shape index (κ1) is 21.6. The molecule has 0 radical (unpaired) electrons. The first-order valence-electron chi connectivity index (χ1n) is 9.79. The number of hydrogen-bond acceptors (Lipinski definition) is 4. The lowest BCUT2D eigenvalue weighted by Gasteiger charge is -2.21. The molecule has 2 aromatic heterocycles. The molecule has 154 valence electrons. The second kappa shape index (κ2) is 9.57. The fourth-order valence-electron chi connectivity index (χ4n) is 3.90. The molecule has 1 saturated carbocycles. The van der Waals surface area contributed by atoms with Crippen LogP contribution >= 0.6 is 23.7 Å². The molecule has 2 atom stereocenters. The van der Waals surface area contributed by atoms with E-state index in [1.165, 1.54) is 0 Å². The van der Waals surface area contributed by atoms with Crippen molar-refractivity contribution in [3.05, 3.63) is 59.6 Å². The summed E-state index contributed by atoms with van der Waals surface area (Å²) in [6.07, 6.45) is 5.81. The van der Waals surface area contributed by atoms with Gasteiger partial charge >= 0.3 is 0 Å². The Morgan fingerprint density at radius 2 is 2.03 bits per heavy atom. The fraction of sp³-hybridized carbons (Fsp3) is 0.364. The molecule has 1 aliphatic rings. The standard InChI is InChI=1S/C22H26N4OS.ClH/c1-25(21(27)13-16-7-5-10-19(16)23)14-17-15-26(18-8-3-2-4-9-18)24-22(17)20-11-6-12-28-20;/h2-4,6,8-9,11-12,15-16,19H,5,7,10,13-14,23H2,1H3;1H/t16-,19+;/m0./s1. The van der Waals surface area contributed by atoms with Crippen molar-refractivity contribution < 1.29 is 4.79 Å². The van der Waals surface area contributed by atoms with Crippen molar-refractivity contribution in [2.75, 3.05) is 7.05 Å². The van der Waals surface area contributed by atoms with Gasteiger partial charge in [0, 0.05) is 37.8 Å². The van der Waals surface area contributed by atoms with Gasteiger partial charge in [0.2, 0.25) is 5.91 Å². The van der Waals surface area contributed by atoms with Gasteiger partial charge < -0.3 is 10.6 Å². The molecule has 7 heteroatoms. The van der Waals surface area contributed by atoms with Gasteiger partial charge in [-0.25, -0.2) is 4.68 Å². The molecular weight excluding hydrogens is 404 g/mol. The van der Waals surface area contributed by atoms with Gasteiger partial charge in [-0.05, 0) is 42.3 Å². The molecule has 0 aliphatic heterocycles. The van der Waals surface area contributed by atoms with E-state index in [4.69, 9.17) is 10.8 Å². The molecule has 4 rings (SSSR count). The highest BCUT2D eigenvalue weighted by Crippen LogP contribution is 2.30. The quantitative estimate of drug-likeness (QED) is 0.626. The Morgan fingerprint density at radius 1 is 1.24 bits per heavy atom. The third-order valence-corrected chi connectivity index (χ3v) is 6.43. The van der Waals surface area contributed by atoms with E-state index in [9.17, 15) is 4.79 Å². The summed E-state index contributed by atoms with van der Waals surface area (Å²) in [5.41, 5.74) is 9.16. The third-order valence-electron chi connectivity index (χ3n) is 5.55. The number of hydrogen-bond donors (Lipinski definition) is 1. The number of amides is 1. The summed E-state index contributed by atoms with van der Waals surface area (Å²) in [6.45, 7) is 0.543. The average molecular weight is 431 g/mol. The number of halogens is 1. The second-order valence-corrected chi connectivity index (χ2v) is 8.52. The van der Waals surface area contributed by atoms with Crippen LogP contribution in [0.1, 0.15) is 31.2 Å². The molecule has 2 N–H and O–H groups in total. The maximum Gasteiger partial charge on any atom is 0.222 e. The van der Waals surface area contributed by atoms with Crippen molar-refractivity contribution in [3.8, 4) is 16.3 Å². The molecule has 0 bridgehead atoms. The smallest absolute Gasteiger partial charge is 0.222 e. The van der Waals surface area contributed by atoms with Crippen LogP contribution in [0.4, 0.5) is 0 Å². The fourth-order valence-corrected chi connectivity index (χ4v) is 4.65. The molecule has 3 aromatic rings. The van der Waals surface area contributed by atoms with Crippen molar-refractivity contribution in [2.45, 2.75) is 38.3 Å². The van der Waals surface area contributed by atoms with Gasteiger partial charge in [0.1, 0.15) is 5.69 Å². The summed E-state index contributed by atoms with van der Waals surface area (Å²) in [7, 11) is 1.88. The summed E-state index contributed by atoms with van der Waals surface area (Å²) >= 11 is 1.66. The van der Waals surface area contributed by atoms with Crippen LogP contribution in [0, 0.1) is 5.92 Å². The Hall–Kier alpha value is -2.15. The zero-order chi connectivity index (χ0) is 19.5. The van der Waals surface area contributed by atoms with Gasteiger partial charge in [-0.1, -0.05) is 30.7 Å². The first-order chi connectivity index (χ1) is 13.6. The van der Waals surface area contributed by atoms with Crippen molar-refractivity contribution in [2.24, 2.45) is 11.7 Å². The third kappa shape index (κ3) is 4.89.